The summed E-state index contributed by atoms with van der Waals surface area (Å²) in [5, 5.41) is 0. The fourth-order valence-corrected chi connectivity index (χ4v) is 1.43. The lowest BCUT2D eigenvalue weighted by atomic mass is 10.1. The van der Waals surface area contributed by atoms with Crippen LogP contribution in [0.5, 0.6) is 0 Å². The fraction of sp³-hybridized carbons (Fsp3) is 0.222. The smallest absolute Gasteiger partial charge is 0.0932 e. The zero-order valence-corrected chi connectivity index (χ0v) is 6.96. The van der Waals surface area contributed by atoms with E-state index in [9.17, 15) is 0 Å². The molecule has 3 nitrogen and oxygen atoms in total. The van der Waals surface area contributed by atoms with Gasteiger partial charge in [-0.25, -0.2) is 4.98 Å². The SMILES string of the molecule is Cc1ccc2[nH]cnc2c1CN. The van der Waals surface area contributed by atoms with E-state index in [1.54, 1.807) is 6.33 Å². The Morgan fingerprint density at radius 2 is 2.33 bits per heavy atom. The molecule has 3 heteroatoms. The molecular weight excluding hydrogens is 150 g/mol. The van der Waals surface area contributed by atoms with E-state index in [0.29, 0.717) is 6.54 Å². The molecule has 1 aromatic heterocycles. The number of hydrogen-bond donors (Lipinski definition) is 2. The van der Waals surface area contributed by atoms with Crippen LogP contribution in [-0.4, -0.2) is 9.97 Å². The second-order valence-electron chi connectivity index (χ2n) is 2.86. The molecule has 12 heavy (non-hydrogen) atoms. The third-order valence-corrected chi connectivity index (χ3v) is 2.13. The van der Waals surface area contributed by atoms with E-state index in [0.717, 1.165) is 16.6 Å². The number of nitrogens with one attached hydrogen (secondary N) is 1. The molecule has 1 aromatic carbocycles. The molecule has 62 valence electrons. The summed E-state index contributed by atoms with van der Waals surface area (Å²) >= 11 is 0. The number of nitrogens with two attached hydrogens (primary N) is 1. The summed E-state index contributed by atoms with van der Waals surface area (Å²) in [6.45, 7) is 2.60. The van der Waals surface area contributed by atoms with Gasteiger partial charge >= 0.3 is 0 Å². The van der Waals surface area contributed by atoms with Gasteiger partial charge in [0.15, 0.2) is 0 Å². The molecule has 0 saturated carbocycles. The molecule has 0 radical (unpaired) electrons. The lowest BCUT2D eigenvalue weighted by molar-refractivity contribution is 1.06. The predicted molar refractivity (Wildman–Crippen MR) is 48.7 cm³/mol. The van der Waals surface area contributed by atoms with E-state index in [1.165, 1.54) is 5.56 Å². The molecule has 0 aliphatic rings. The van der Waals surface area contributed by atoms with Crippen LogP contribution in [0.15, 0.2) is 18.5 Å². The van der Waals surface area contributed by atoms with E-state index < -0.39 is 0 Å². The van der Waals surface area contributed by atoms with E-state index in [1.807, 2.05) is 6.07 Å². The Kier molecular flexibility index (Phi) is 1.59. The molecule has 2 rings (SSSR count). The average molecular weight is 161 g/mol. The van der Waals surface area contributed by atoms with Gasteiger partial charge in [-0.15, -0.1) is 0 Å². The van der Waals surface area contributed by atoms with Crippen molar-refractivity contribution in [2.45, 2.75) is 13.5 Å². The predicted octanol–water partition coefficient (Wildman–Crippen LogP) is 1.33. The number of imidazole rings is 1. The summed E-state index contributed by atoms with van der Waals surface area (Å²) < 4.78 is 0. The highest BCUT2D eigenvalue weighted by molar-refractivity contribution is 5.79. The lowest BCUT2D eigenvalue weighted by Crippen LogP contribution is -1.99. The van der Waals surface area contributed by atoms with E-state index in [4.69, 9.17) is 5.73 Å². The standard InChI is InChI=1S/C9H11N3/c1-6-2-3-8-9(7(6)4-10)12-5-11-8/h2-3,5H,4,10H2,1H3,(H,11,12). The Morgan fingerprint density at radius 1 is 1.50 bits per heavy atom. The van der Waals surface area contributed by atoms with Crippen LogP contribution in [0.4, 0.5) is 0 Å². The fourth-order valence-electron chi connectivity index (χ4n) is 1.43. The molecule has 0 aliphatic carbocycles. The van der Waals surface area contributed by atoms with Gasteiger partial charge in [0.05, 0.1) is 17.4 Å². The van der Waals surface area contributed by atoms with Gasteiger partial charge < -0.3 is 10.7 Å². The maximum Gasteiger partial charge on any atom is 0.0932 e. The van der Waals surface area contributed by atoms with Crippen molar-refractivity contribution in [3.05, 3.63) is 29.6 Å². The van der Waals surface area contributed by atoms with Crippen molar-refractivity contribution in [2.75, 3.05) is 0 Å². The molecular formula is C9H11N3. The number of benzene rings is 1. The van der Waals surface area contributed by atoms with Crippen LogP contribution in [0, 0.1) is 6.92 Å². The molecule has 3 N–H and O–H groups in total. The van der Waals surface area contributed by atoms with Crippen molar-refractivity contribution in [3.8, 4) is 0 Å². The summed E-state index contributed by atoms with van der Waals surface area (Å²) in [5.41, 5.74) is 10.0. The van der Waals surface area contributed by atoms with Gasteiger partial charge in [-0.05, 0) is 24.1 Å². The first-order valence-electron chi connectivity index (χ1n) is 3.94. The Morgan fingerprint density at radius 3 is 3.08 bits per heavy atom. The molecule has 0 saturated heterocycles. The Labute approximate surface area is 70.6 Å². The lowest BCUT2D eigenvalue weighted by Gasteiger charge is -2.02. The zero-order valence-electron chi connectivity index (χ0n) is 6.96. The summed E-state index contributed by atoms with van der Waals surface area (Å²) in [5.74, 6) is 0. The van der Waals surface area contributed by atoms with Crippen LogP contribution in [0.3, 0.4) is 0 Å². The summed E-state index contributed by atoms with van der Waals surface area (Å²) in [6.07, 6.45) is 1.70. The van der Waals surface area contributed by atoms with Crippen molar-refractivity contribution in [1.82, 2.24) is 9.97 Å². The number of aromatic nitrogens is 2. The first-order chi connectivity index (χ1) is 5.83. The molecule has 1 heterocycles. The number of fused-ring (bicyclic) bond motifs is 1. The van der Waals surface area contributed by atoms with Crippen molar-refractivity contribution in [1.29, 1.82) is 0 Å². The van der Waals surface area contributed by atoms with Crippen molar-refractivity contribution < 1.29 is 0 Å². The van der Waals surface area contributed by atoms with Gasteiger partial charge in [0.1, 0.15) is 0 Å². The Balaban J connectivity index is 2.83. The van der Waals surface area contributed by atoms with Gasteiger partial charge in [-0.1, -0.05) is 6.07 Å². The third-order valence-electron chi connectivity index (χ3n) is 2.13. The minimum Gasteiger partial charge on any atom is -0.345 e. The van der Waals surface area contributed by atoms with Gasteiger partial charge in [-0.2, -0.15) is 0 Å². The van der Waals surface area contributed by atoms with Gasteiger partial charge in [-0.3, -0.25) is 0 Å². The van der Waals surface area contributed by atoms with Crippen LogP contribution in [-0.2, 0) is 6.54 Å². The van der Waals surface area contributed by atoms with E-state index in [2.05, 4.69) is 23.0 Å². The molecule has 0 atom stereocenters. The van der Waals surface area contributed by atoms with E-state index in [-0.39, 0.29) is 0 Å². The van der Waals surface area contributed by atoms with Crippen molar-refractivity contribution in [3.63, 3.8) is 0 Å². The maximum atomic E-state index is 5.62. The number of H-pyrrole nitrogens is 1. The third kappa shape index (κ3) is 0.905. The van der Waals surface area contributed by atoms with Gasteiger partial charge in [0.25, 0.3) is 0 Å². The summed E-state index contributed by atoms with van der Waals surface area (Å²) in [4.78, 5) is 7.27. The summed E-state index contributed by atoms with van der Waals surface area (Å²) in [6, 6.07) is 4.08. The minimum atomic E-state index is 0.550. The highest BCUT2D eigenvalue weighted by Crippen LogP contribution is 2.17. The second kappa shape index (κ2) is 2.60. The van der Waals surface area contributed by atoms with Crippen LogP contribution < -0.4 is 5.73 Å². The number of aromatic amines is 1. The highest BCUT2D eigenvalue weighted by Gasteiger charge is 2.03. The quantitative estimate of drug-likeness (QED) is 0.663. The van der Waals surface area contributed by atoms with Gasteiger partial charge in [0.2, 0.25) is 0 Å². The Bertz CT molecular complexity index is 403. The molecule has 0 unspecified atom stereocenters. The molecule has 2 aromatic rings. The van der Waals surface area contributed by atoms with Crippen LogP contribution in [0.1, 0.15) is 11.1 Å². The monoisotopic (exact) mass is 161 g/mol. The number of hydrogen-bond acceptors (Lipinski definition) is 2. The van der Waals surface area contributed by atoms with Crippen LogP contribution in [0.25, 0.3) is 11.0 Å². The topological polar surface area (TPSA) is 54.7 Å². The molecule has 0 aliphatic heterocycles. The Hall–Kier alpha value is -1.35. The molecule has 0 spiro atoms. The molecule has 0 amide bonds. The normalized spacial score (nSPS) is 10.8. The molecule has 0 fully saturated rings. The maximum absolute atomic E-state index is 5.62. The average Bonchev–Trinajstić information content (AvgIpc) is 2.52. The number of nitrogens with zero attached hydrogens (tertiary/aromatic N) is 1. The largest absolute Gasteiger partial charge is 0.345 e. The number of aryl methyl sites for hydroxylation is 1. The van der Waals surface area contributed by atoms with Crippen LogP contribution in [0.2, 0.25) is 0 Å². The van der Waals surface area contributed by atoms with Crippen molar-refractivity contribution >= 4 is 11.0 Å². The highest BCUT2D eigenvalue weighted by atomic mass is 14.9. The van der Waals surface area contributed by atoms with E-state index >= 15 is 0 Å². The first kappa shape index (κ1) is 7.31. The second-order valence-corrected chi connectivity index (χ2v) is 2.86. The minimum absolute atomic E-state index is 0.550. The number of rotatable bonds is 1. The van der Waals surface area contributed by atoms with Gasteiger partial charge in [0, 0.05) is 6.54 Å². The summed E-state index contributed by atoms with van der Waals surface area (Å²) in [7, 11) is 0. The zero-order chi connectivity index (χ0) is 8.55. The van der Waals surface area contributed by atoms with Crippen LogP contribution >= 0.6 is 0 Å². The van der Waals surface area contributed by atoms with Crippen molar-refractivity contribution in [2.24, 2.45) is 5.73 Å². The molecule has 0 bridgehead atoms. The first-order valence-corrected chi connectivity index (χ1v) is 3.94.